The summed E-state index contributed by atoms with van der Waals surface area (Å²) >= 11 is -0.750. The van der Waals surface area contributed by atoms with E-state index in [2.05, 4.69) is 14.0 Å². The fraction of sp³-hybridized carbons (Fsp3) is 1.00. The Morgan fingerprint density at radius 1 is 1.42 bits per heavy atom. The van der Waals surface area contributed by atoms with E-state index >= 15 is 0 Å². The third kappa shape index (κ3) is 13.7. The van der Waals surface area contributed by atoms with E-state index in [0.29, 0.717) is 0 Å². The van der Waals surface area contributed by atoms with E-state index in [1.54, 1.807) is 0 Å². The highest BCUT2D eigenvalue weighted by molar-refractivity contribution is 7.88. The molecule has 0 aromatic carbocycles. The van der Waals surface area contributed by atoms with Gasteiger partial charge in [0.2, 0.25) is 0 Å². The Morgan fingerprint density at radius 2 is 1.84 bits per heavy atom. The molecule has 11 heteroatoms. The van der Waals surface area contributed by atoms with E-state index in [9.17, 15) is 12.8 Å². The smallest absolute Gasteiger partial charge is 0.335 e. The van der Waals surface area contributed by atoms with Crippen molar-refractivity contribution in [2.45, 2.75) is 25.9 Å². The minimum absolute atomic E-state index is 0.531. The van der Waals surface area contributed by atoms with Crippen molar-refractivity contribution in [3.8, 4) is 0 Å². The number of rotatable bonds is 3. The zero-order valence-corrected chi connectivity index (χ0v) is 12.2. The average molecular weight is 326 g/mol. The second-order valence-electron chi connectivity index (χ2n) is 4.18. The van der Waals surface area contributed by atoms with Crippen LogP contribution < -0.4 is 0 Å². The maximum Gasteiger partial charge on any atom is 0.335 e. The van der Waals surface area contributed by atoms with Crippen LogP contribution in [0.3, 0.4) is 0 Å². The predicted molar refractivity (Wildman–Crippen MR) is 64.0 cm³/mol. The highest BCUT2D eigenvalue weighted by Gasteiger charge is 2.33. The quantitative estimate of drug-likeness (QED) is 0.579. The van der Waals surface area contributed by atoms with Crippen molar-refractivity contribution in [2.24, 2.45) is 0 Å². The first-order valence-electron chi connectivity index (χ1n) is 5.31. The second-order valence-corrected chi connectivity index (χ2v) is 5.28. The van der Waals surface area contributed by atoms with Gasteiger partial charge in [0, 0.05) is 6.42 Å². The van der Waals surface area contributed by atoms with Gasteiger partial charge < -0.3 is 13.9 Å². The average Bonchev–Trinajstić information content (AvgIpc) is 2.60. The Bertz CT molecular complexity index is 372. The molecular formula is C8H17F3N2O4S2. The second kappa shape index (κ2) is 10.3. The van der Waals surface area contributed by atoms with Gasteiger partial charge in [0.15, 0.2) is 6.17 Å². The summed E-state index contributed by atoms with van der Waals surface area (Å²) < 4.78 is 68.6. The molecule has 0 aromatic rings. The van der Waals surface area contributed by atoms with Gasteiger partial charge in [-0.2, -0.15) is 8.42 Å². The lowest BCUT2D eigenvalue weighted by Crippen LogP contribution is -2.42. The molecule has 0 aromatic heterocycles. The molecule has 1 aliphatic heterocycles. The van der Waals surface area contributed by atoms with E-state index in [0.717, 1.165) is 35.5 Å². The van der Waals surface area contributed by atoms with Crippen molar-refractivity contribution in [1.82, 2.24) is 0 Å². The number of likely N-dealkylation sites (tertiary alicyclic amines) is 1. The molecule has 0 amide bonds. The third-order valence-corrected chi connectivity index (χ3v) is 2.63. The Balaban J connectivity index is 0. The molecule has 0 bridgehead atoms. The standard InChI is InChI=1S/C8H17FN.F2NO2S.O2S/c1-3-5-10(2)6-4-8(9)7-10;1-3-6(2,4)5;1-3-2/h8H,3-7H2,1-2H3;;/q+1;-1;. The van der Waals surface area contributed by atoms with Gasteiger partial charge >= 0.3 is 11.6 Å². The lowest BCUT2D eigenvalue weighted by atomic mass is 10.3. The molecule has 0 aliphatic carbocycles. The minimum Gasteiger partial charge on any atom is -0.352 e. The molecule has 2 unspecified atom stereocenters. The summed E-state index contributed by atoms with van der Waals surface area (Å²) in [6.07, 6.45) is 1.41. The molecule has 0 spiro atoms. The van der Waals surface area contributed by atoms with Crippen LogP contribution in [0.5, 0.6) is 0 Å². The van der Waals surface area contributed by atoms with Crippen molar-refractivity contribution >= 4 is 22.0 Å². The van der Waals surface area contributed by atoms with Crippen molar-refractivity contribution in [1.29, 1.82) is 0 Å². The topological polar surface area (TPSA) is 82.4 Å². The summed E-state index contributed by atoms with van der Waals surface area (Å²) in [4.78, 5) is 0.826. The van der Waals surface area contributed by atoms with Crippen LogP contribution in [-0.4, -0.2) is 54.2 Å². The fourth-order valence-corrected chi connectivity index (χ4v) is 1.86. The molecule has 1 saturated heterocycles. The number of halogens is 3. The Labute approximate surface area is 114 Å². The number of hydrogen-bond donors (Lipinski definition) is 0. The lowest BCUT2D eigenvalue weighted by Gasteiger charge is -2.28. The number of hydrogen-bond acceptors (Lipinski definition) is 4. The van der Waals surface area contributed by atoms with Crippen LogP contribution in [0.4, 0.5) is 12.8 Å². The maximum absolute atomic E-state index is 12.7. The Hall–Kier alpha value is -0.520. The lowest BCUT2D eigenvalue weighted by molar-refractivity contribution is -0.898. The molecule has 19 heavy (non-hydrogen) atoms. The summed E-state index contributed by atoms with van der Waals surface area (Å²) in [5, 5.41) is 0. The Kier molecular flexibility index (Phi) is 11.3. The van der Waals surface area contributed by atoms with Gasteiger partial charge in [0.05, 0.1) is 20.1 Å². The van der Waals surface area contributed by atoms with Crippen LogP contribution >= 0.6 is 0 Å². The molecule has 1 aliphatic rings. The van der Waals surface area contributed by atoms with E-state index in [1.807, 2.05) is 0 Å². The van der Waals surface area contributed by atoms with Crippen molar-refractivity contribution < 1.29 is 34.1 Å². The van der Waals surface area contributed by atoms with Crippen molar-refractivity contribution in [2.75, 3.05) is 26.7 Å². The Morgan fingerprint density at radius 3 is 2.05 bits per heavy atom. The molecule has 0 radical (unpaired) electrons. The fourth-order valence-electron chi connectivity index (χ4n) is 1.86. The van der Waals surface area contributed by atoms with Crippen LogP contribution in [0.2, 0.25) is 0 Å². The first-order chi connectivity index (χ1) is 8.64. The van der Waals surface area contributed by atoms with E-state index in [4.69, 9.17) is 16.8 Å². The van der Waals surface area contributed by atoms with Gasteiger partial charge in [-0.25, -0.2) is 12.8 Å². The maximum atomic E-state index is 12.7. The number of quaternary nitrogens is 1. The summed E-state index contributed by atoms with van der Waals surface area (Å²) in [7, 11) is -3.05. The molecule has 1 heterocycles. The van der Waals surface area contributed by atoms with Gasteiger partial charge in [-0.3, -0.25) is 0 Å². The molecular weight excluding hydrogens is 309 g/mol. The van der Waals surface area contributed by atoms with Crippen LogP contribution in [-0.2, 0) is 22.0 Å². The van der Waals surface area contributed by atoms with Gasteiger partial charge in [-0.1, -0.05) is 6.92 Å². The molecule has 116 valence electrons. The third-order valence-electron chi connectivity index (χ3n) is 2.47. The van der Waals surface area contributed by atoms with Gasteiger partial charge in [-0.15, -0.1) is 3.89 Å². The largest absolute Gasteiger partial charge is 0.352 e. The van der Waals surface area contributed by atoms with Crippen molar-refractivity contribution in [3.63, 3.8) is 0 Å². The van der Waals surface area contributed by atoms with Crippen LogP contribution in [0, 0.1) is 0 Å². The van der Waals surface area contributed by atoms with Crippen LogP contribution in [0.15, 0.2) is 0 Å². The number of alkyl halides is 1. The zero-order valence-electron chi connectivity index (χ0n) is 10.6. The molecule has 1 rings (SSSR count). The summed E-state index contributed by atoms with van der Waals surface area (Å²) in [6.45, 7) is 5.08. The first-order valence-corrected chi connectivity index (χ1v) is 7.32. The summed E-state index contributed by atoms with van der Waals surface area (Å²) in [5.41, 5.74) is 0. The number of nitrogens with zero attached hydrogens (tertiary/aromatic N) is 2. The highest BCUT2D eigenvalue weighted by Crippen LogP contribution is 2.19. The molecule has 0 saturated carbocycles. The van der Waals surface area contributed by atoms with E-state index in [-0.39, 0.29) is 0 Å². The van der Waals surface area contributed by atoms with Gasteiger partial charge in [-0.05, 0) is 6.42 Å². The highest BCUT2D eigenvalue weighted by atomic mass is 32.3. The molecule has 1 fully saturated rings. The minimum atomic E-state index is -5.20. The van der Waals surface area contributed by atoms with Crippen LogP contribution in [0.1, 0.15) is 19.8 Å². The summed E-state index contributed by atoms with van der Waals surface area (Å²) in [5.74, 6) is 0. The molecule has 2 atom stereocenters. The molecule has 0 N–H and O–H groups in total. The van der Waals surface area contributed by atoms with Crippen LogP contribution in [0.25, 0.3) is 4.94 Å². The molecule has 6 nitrogen and oxygen atoms in total. The van der Waals surface area contributed by atoms with E-state index < -0.39 is 28.2 Å². The van der Waals surface area contributed by atoms with Gasteiger partial charge in [0.25, 0.3) is 10.4 Å². The summed E-state index contributed by atoms with van der Waals surface area (Å²) in [6, 6.07) is 0. The monoisotopic (exact) mass is 326 g/mol. The van der Waals surface area contributed by atoms with Gasteiger partial charge in [0.1, 0.15) is 6.54 Å². The first kappa shape index (κ1) is 20.8. The normalized spacial score (nSPS) is 25.6. The predicted octanol–water partition coefficient (Wildman–Crippen LogP) is 1.37. The zero-order chi connectivity index (χ0) is 15.5. The SMILES string of the molecule is CCC[N+]1(C)CCC(F)C1.O=S(=O)(F)[N-]F.O=S=O. The van der Waals surface area contributed by atoms with Crippen molar-refractivity contribution in [3.05, 3.63) is 4.94 Å². The van der Waals surface area contributed by atoms with E-state index in [1.165, 1.54) is 6.42 Å².